The molecule has 1 aliphatic heterocycles. The minimum Gasteiger partial charge on any atom is -0.446 e. The highest BCUT2D eigenvalue weighted by molar-refractivity contribution is 7.87. The molecule has 0 spiro atoms. The number of carbonyl (C=O) groups is 1. The van der Waals surface area contributed by atoms with E-state index in [0.717, 1.165) is 4.31 Å². The topological polar surface area (TPSA) is 95.9 Å². The van der Waals surface area contributed by atoms with E-state index in [4.69, 9.17) is 0 Å². The van der Waals surface area contributed by atoms with Crippen molar-refractivity contribution in [2.75, 3.05) is 13.1 Å². The zero-order valence-corrected chi connectivity index (χ0v) is 10.0. The van der Waals surface area contributed by atoms with E-state index in [0.29, 0.717) is 6.42 Å². The van der Waals surface area contributed by atoms with Crippen molar-refractivity contribution in [1.82, 2.24) is 9.03 Å². The average Bonchev–Trinajstić information content (AvgIpc) is 2.49. The fourth-order valence-electron chi connectivity index (χ4n) is 1.34. The molecule has 8 heteroatoms. The molecule has 1 amide bonds. The molecule has 0 aromatic carbocycles. The third-order valence-electron chi connectivity index (χ3n) is 2.02. The number of hydrogen-bond donors (Lipinski definition) is 2. The van der Waals surface area contributed by atoms with Crippen molar-refractivity contribution in [3.63, 3.8) is 0 Å². The molecule has 0 bridgehead atoms. The lowest BCUT2D eigenvalue weighted by Gasteiger charge is -2.16. The fraction of sp³-hybridized carbons (Fsp3) is 0.875. The predicted molar refractivity (Wildman–Crippen MR) is 55.9 cm³/mol. The van der Waals surface area contributed by atoms with E-state index in [1.807, 2.05) is 0 Å². The summed E-state index contributed by atoms with van der Waals surface area (Å²) in [5, 5.41) is 9.19. The highest BCUT2D eigenvalue weighted by atomic mass is 32.2. The standard InChI is InChI=1S/C8H16N2O5S/c1-6(2)15-8(12)9-16(13,14)10-4-3-7(11)5-10/h6-7,11H,3-5H2,1-2H3,(H,9,12). The summed E-state index contributed by atoms with van der Waals surface area (Å²) >= 11 is 0. The summed E-state index contributed by atoms with van der Waals surface area (Å²) in [6.07, 6.45) is -1.69. The van der Waals surface area contributed by atoms with Gasteiger partial charge in [0, 0.05) is 13.1 Å². The molecule has 1 rings (SSSR count). The van der Waals surface area contributed by atoms with Crippen LogP contribution in [0, 0.1) is 0 Å². The second kappa shape index (κ2) is 4.98. The minimum absolute atomic E-state index is 0.00426. The Morgan fingerprint density at radius 3 is 2.62 bits per heavy atom. The first kappa shape index (κ1) is 13.2. The third kappa shape index (κ3) is 3.62. The SMILES string of the molecule is CC(C)OC(=O)NS(=O)(=O)N1CCC(O)C1. The molecular formula is C8H16N2O5S. The molecule has 1 atom stereocenters. The van der Waals surface area contributed by atoms with Crippen LogP contribution >= 0.6 is 0 Å². The molecule has 0 radical (unpaired) electrons. The van der Waals surface area contributed by atoms with Crippen molar-refractivity contribution in [2.24, 2.45) is 0 Å². The molecule has 7 nitrogen and oxygen atoms in total. The minimum atomic E-state index is -3.89. The summed E-state index contributed by atoms with van der Waals surface area (Å²) in [5.41, 5.74) is 0. The van der Waals surface area contributed by atoms with Crippen molar-refractivity contribution in [2.45, 2.75) is 32.5 Å². The number of hydrogen-bond acceptors (Lipinski definition) is 5. The van der Waals surface area contributed by atoms with E-state index in [2.05, 4.69) is 4.74 Å². The summed E-state index contributed by atoms with van der Waals surface area (Å²) in [6.45, 7) is 3.44. The lowest BCUT2D eigenvalue weighted by atomic mass is 10.3. The number of β-amino-alcohol motifs (C(OH)–C–C–N with tert-alkyl or cyclic N) is 1. The Hall–Kier alpha value is -0.860. The first-order valence-electron chi connectivity index (χ1n) is 4.98. The summed E-state index contributed by atoms with van der Waals surface area (Å²) in [4.78, 5) is 11.1. The number of ether oxygens (including phenoxy) is 1. The zero-order valence-electron chi connectivity index (χ0n) is 9.21. The Balaban J connectivity index is 2.55. The molecule has 1 fully saturated rings. The zero-order chi connectivity index (χ0) is 12.3. The van der Waals surface area contributed by atoms with Gasteiger partial charge in [0.15, 0.2) is 0 Å². The molecule has 0 aromatic rings. The number of carbonyl (C=O) groups excluding carboxylic acids is 1. The summed E-state index contributed by atoms with van der Waals surface area (Å²) < 4.78 is 30.6. The average molecular weight is 252 g/mol. The summed E-state index contributed by atoms with van der Waals surface area (Å²) in [5.74, 6) is 0. The Bertz CT molecular complexity index is 353. The number of amides is 1. The number of aliphatic hydroxyl groups is 1. The Morgan fingerprint density at radius 1 is 1.56 bits per heavy atom. The number of nitrogens with one attached hydrogen (secondary N) is 1. The van der Waals surface area contributed by atoms with Gasteiger partial charge in [0.1, 0.15) is 0 Å². The molecule has 1 unspecified atom stereocenters. The van der Waals surface area contributed by atoms with Gasteiger partial charge in [-0.3, -0.25) is 0 Å². The normalized spacial score (nSPS) is 22.4. The molecule has 0 saturated carbocycles. The largest absolute Gasteiger partial charge is 0.446 e. The Kier molecular flexibility index (Phi) is 4.11. The van der Waals surface area contributed by atoms with Crippen molar-refractivity contribution in [1.29, 1.82) is 0 Å². The maximum absolute atomic E-state index is 11.6. The number of aliphatic hydroxyl groups excluding tert-OH is 1. The third-order valence-corrected chi connectivity index (χ3v) is 3.46. The monoisotopic (exact) mass is 252 g/mol. The van der Waals surface area contributed by atoms with E-state index in [-0.39, 0.29) is 19.2 Å². The van der Waals surface area contributed by atoms with Crippen LogP contribution in [0.1, 0.15) is 20.3 Å². The van der Waals surface area contributed by atoms with E-state index in [1.54, 1.807) is 18.6 Å². The molecule has 1 aliphatic rings. The Morgan fingerprint density at radius 2 is 2.19 bits per heavy atom. The Labute approximate surface area is 94.6 Å². The fourth-order valence-corrected chi connectivity index (χ4v) is 2.44. The highest BCUT2D eigenvalue weighted by Crippen LogP contribution is 2.12. The lowest BCUT2D eigenvalue weighted by molar-refractivity contribution is 0.121. The number of rotatable bonds is 3. The second-order valence-corrected chi connectivity index (χ2v) is 5.53. The van der Waals surface area contributed by atoms with Gasteiger partial charge in [0.2, 0.25) is 0 Å². The van der Waals surface area contributed by atoms with Gasteiger partial charge >= 0.3 is 16.3 Å². The first-order chi connectivity index (χ1) is 7.31. The molecule has 94 valence electrons. The van der Waals surface area contributed by atoms with Crippen LogP contribution in [0.4, 0.5) is 4.79 Å². The van der Waals surface area contributed by atoms with Gasteiger partial charge in [-0.15, -0.1) is 0 Å². The van der Waals surface area contributed by atoms with Crippen LogP contribution < -0.4 is 4.72 Å². The molecule has 0 aromatic heterocycles. The van der Waals surface area contributed by atoms with Crippen LogP contribution in [0.25, 0.3) is 0 Å². The molecule has 1 heterocycles. The van der Waals surface area contributed by atoms with Gasteiger partial charge in [-0.2, -0.15) is 12.7 Å². The molecule has 2 N–H and O–H groups in total. The van der Waals surface area contributed by atoms with E-state index < -0.39 is 22.4 Å². The summed E-state index contributed by atoms with van der Waals surface area (Å²) in [6, 6.07) is 0. The van der Waals surface area contributed by atoms with Gasteiger partial charge in [0.25, 0.3) is 0 Å². The van der Waals surface area contributed by atoms with Crippen LogP contribution in [0.5, 0.6) is 0 Å². The lowest BCUT2D eigenvalue weighted by Crippen LogP contribution is -2.43. The van der Waals surface area contributed by atoms with Crippen LogP contribution in [0.3, 0.4) is 0 Å². The second-order valence-electron chi connectivity index (χ2n) is 3.86. The predicted octanol–water partition coefficient (Wildman–Crippen LogP) is -0.568. The maximum Gasteiger partial charge on any atom is 0.422 e. The van der Waals surface area contributed by atoms with Crippen LogP contribution in [-0.2, 0) is 14.9 Å². The van der Waals surface area contributed by atoms with Crippen molar-refractivity contribution < 1.29 is 23.1 Å². The van der Waals surface area contributed by atoms with Gasteiger partial charge in [0.05, 0.1) is 12.2 Å². The quantitative estimate of drug-likeness (QED) is 0.701. The molecule has 16 heavy (non-hydrogen) atoms. The van der Waals surface area contributed by atoms with Crippen molar-refractivity contribution in [3.8, 4) is 0 Å². The van der Waals surface area contributed by atoms with E-state index >= 15 is 0 Å². The van der Waals surface area contributed by atoms with Gasteiger partial charge in [-0.25, -0.2) is 9.52 Å². The molecule has 0 aliphatic carbocycles. The van der Waals surface area contributed by atoms with Gasteiger partial charge < -0.3 is 9.84 Å². The van der Waals surface area contributed by atoms with E-state index in [9.17, 15) is 18.3 Å². The van der Waals surface area contributed by atoms with Crippen molar-refractivity contribution in [3.05, 3.63) is 0 Å². The molecule has 1 saturated heterocycles. The maximum atomic E-state index is 11.6. The highest BCUT2D eigenvalue weighted by Gasteiger charge is 2.31. The molecular weight excluding hydrogens is 236 g/mol. The van der Waals surface area contributed by atoms with Crippen LogP contribution in [0.15, 0.2) is 0 Å². The van der Waals surface area contributed by atoms with Crippen LogP contribution in [0.2, 0.25) is 0 Å². The van der Waals surface area contributed by atoms with Crippen molar-refractivity contribution >= 4 is 16.3 Å². The first-order valence-corrected chi connectivity index (χ1v) is 6.42. The van der Waals surface area contributed by atoms with Gasteiger partial charge in [-0.05, 0) is 20.3 Å². The van der Waals surface area contributed by atoms with E-state index in [1.165, 1.54) is 0 Å². The van der Waals surface area contributed by atoms with Gasteiger partial charge in [-0.1, -0.05) is 0 Å². The summed E-state index contributed by atoms with van der Waals surface area (Å²) in [7, 11) is -3.89. The smallest absolute Gasteiger partial charge is 0.422 e. The van der Waals surface area contributed by atoms with Crippen LogP contribution in [-0.4, -0.2) is 49.2 Å². The number of nitrogens with zero attached hydrogens (tertiary/aromatic N) is 1.